The molecule has 0 aliphatic carbocycles. The van der Waals surface area contributed by atoms with Gasteiger partial charge in [-0.05, 0) is 42.8 Å². The van der Waals surface area contributed by atoms with Crippen molar-refractivity contribution in [2.24, 2.45) is 0 Å². The van der Waals surface area contributed by atoms with Gasteiger partial charge in [-0.25, -0.2) is 4.39 Å². The summed E-state index contributed by atoms with van der Waals surface area (Å²) in [6.45, 7) is 1.70. The van der Waals surface area contributed by atoms with E-state index >= 15 is 0 Å². The molecule has 1 amide bonds. The van der Waals surface area contributed by atoms with Gasteiger partial charge in [0.25, 0.3) is 0 Å². The molecule has 0 radical (unpaired) electrons. The summed E-state index contributed by atoms with van der Waals surface area (Å²) in [6, 6.07) is 9.87. The normalized spacial score (nSPS) is 10.7. The van der Waals surface area contributed by atoms with Gasteiger partial charge in [-0.2, -0.15) is 13.8 Å². The first-order chi connectivity index (χ1) is 14.8. The van der Waals surface area contributed by atoms with Gasteiger partial charge in [0.05, 0.1) is 11.4 Å². The van der Waals surface area contributed by atoms with Crippen molar-refractivity contribution in [1.82, 2.24) is 9.97 Å². The summed E-state index contributed by atoms with van der Waals surface area (Å²) >= 11 is 0. The summed E-state index contributed by atoms with van der Waals surface area (Å²) in [7, 11) is 1.51. The van der Waals surface area contributed by atoms with E-state index in [1.165, 1.54) is 36.3 Å². The van der Waals surface area contributed by atoms with E-state index in [1.54, 1.807) is 25.1 Å². The second-order valence-corrected chi connectivity index (χ2v) is 6.91. The fourth-order valence-corrected chi connectivity index (χ4v) is 3.06. The van der Waals surface area contributed by atoms with Crippen LogP contribution >= 0.6 is 0 Å². The highest BCUT2D eigenvalue weighted by Gasteiger charge is 2.15. The first-order valence-corrected chi connectivity index (χ1v) is 9.66. The Morgan fingerprint density at radius 3 is 2.42 bits per heavy atom. The number of ketones is 1. The molecule has 0 aliphatic heterocycles. The summed E-state index contributed by atoms with van der Waals surface area (Å²) < 4.78 is 40.9. The lowest BCUT2D eigenvalue weighted by atomic mass is 10.0. The highest BCUT2D eigenvalue weighted by molar-refractivity contribution is 5.96. The van der Waals surface area contributed by atoms with Gasteiger partial charge in [-0.1, -0.05) is 13.0 Å². The van der Waals surface area contributed by atoms with Crippen LogP contribution in [0.15, 0.2) is 48.7 Å². The minimum Gasteiger partial charge on any atom is -0.313 e. The Labute approximate surface area is 177 Å². The molecule has 3 aromatic rings. The van der Waals surface area contributed by atoms with Gasteiger partial charge in [0.2, 0.25) is 17.8 Å². The maximum atomic E-state index is 14.5. The average molecular weight is 427 g/mol. The van der Waals surface area contributed by atoms with Crippen molar-refractivity contribution < 1.29 is 22.8 Å². The number of Topliss-reactive ketones (excluding diaryl/α,β-unsaturated/α-hetero) is 1. The first-order valence-electron chi connectivity index (χ1n) is 9.66. The predicted molar refractivity (Wildman–Crippen MR) is 110 cm³/mol. The summed E-state index contributed by atoms with van der Waals surface area (Å²) in [5.41, 5.74) is 1.60. The molecule has 0 bridgehead atoms. The second-order valence-electron chi connectivity index (χ2n) is 6.91. The van der Waals surface area contributed by atoms with Crippen molar-refractivity contribution in [2.75, 3.05) is 11.9 Å². The number of hydrogen-bond donors (Lipinski definition) is 0. The van der Waals surface area contributed by atoms with E-state index in [4.69, 9.17) is 0 Å². The molecule has 0 saturated carbocycles. The zero-order valence-electron chi connectivity index (χ0n) is 17.0. The van der Waals surface area contributed by atoms with E-state index in [-0.39, 0.29) is 42.2 Å². The number of pyridine rings is 2. The van der Waals surface area contributed by atoms with E-state index in [1.807, 2.05) is 0 Å². The Morgan fingerprint density at radius 2 is 1.81 bits per heavy atom. The highest BCUT2D eigenvalue weighted by Crippen LogP contribution is 2.25. The number of amides is 1. The Kier molecular flexibility index (Phi) is 6.79. The minimum atomic E-state index is -0.932. The lowest BCUT2D eigenvalue weighted by Crippen LogP contribution is -2.25. The lowest BCUT2D eigenvalue weighted by Gasteiger charge is -2.17. The number of rotatable bonds is 7. The van der Waals surface area contributed by atoms with Gasteiger partial charge in [0, 0.05) is 42.8 Å². The number of nitrogens with zero attached hydrogens (tertiary/aromatic N) is 3. The third-order valence-corrected chi connectivity index (χ3v) is 4.88. The van der Waals surface area contributed by atoms with Crippen molar-refractivity contribution in [3.05, 3.63) is 77.5 Å². The van der Waals surface area contributed by atoms with Gasteiger partial charge >= 0.3 is 0 Å². The van der Waals surface area contributed by atoms with E-state index in [0.717, 1.165) is 6.07 Å². The van der Waals surface area contributed by atoms with Crippen LogP contribution in [0.1, 0.15) is 35.7 Å². The number of carbonyl (C=O) groups is 2. The van der Waals surface area contributed by atoms with Crippen molar-refractivity contribution >= 4 is 17.4 Å². The second kappa shape index (κ2) is 9.51. The number of carbonyl (C=O) groups excluding carboxylic acids is 2. The molecule has 2 heterocycles. The summed E-state index contributed by atoms with van der Waals surface area (Å²) in [4.78, 5) is 32.7. The van der Waals surface area contributed by atoms with E-state index in [2.05, 4.69) is 9.97 Å². The molecule has 160 valence electrons. The van der Waals surface area contributed by atoms with Crippen molar-refractivity contribution in [1.29, 1.82) is 0 Å². The number of benzene rings is 1. The fraction of sp³-hybridized carbons (Fsp3) is 0.217. The lowest BCUT2D eigenvalue weighted by molar-refractivity contribution is -0.118. The van der Waals surface area contributed by atoms with Gasteiger partial charge < -0.3 is 4.90 Å². The number of halogens is 3. The minimum absolute atomic E-state index is 0.00633. The monoisotopic (exact) mass is 427 g/mol. The molecule has 0 fully saturated rings. The molecular formula is C23H20F3N3O2. The molecule has 0 unspecified atom stereocenters. The van der Waals surface area contributed by atoms with Gasteiger partial charge in [0.1, 0.15) is 5.82 Å². The van der Waals surface area contributed by atoms with Crippen LogP contribution in [0.5, 0.6) is 0 Å². The van der Waals surface area contributed by atoms with Crippen LogP contribution in [-0.4, -0.2) is 28.7 Å². The number of aromatic nitrogens is 2. The van der Waals surface area contributed by atoms with Gasteiger partial charge in [0.15, 0.2) is 5.78 Å². The smallest absolute Gasteiger partial charge is 0.226 e. The molecule has 3 rings (SSSR count). The van der Waals surface area contributed by atoms with Crippen LogP contribution in [0, 0.1) is 17.7 Å². The van der Waals surface area contributed by atoms with E-state index in [0.29, 0.717) is 16.8 Å². The SMILES string of the molecule is CCC(=O)N(C)c1ccc(-c2ccc(C(=O)CCc3ccc(F)nc3F)cn2)cc1F. The van der Waals surface area contributed by atoms with Crippen LogP contribution in [0.3, 0.4) is 0 Å². The largest absolute Gasteiger partial charge is 0.313 e. The molecule has 0 N–H and O–H groups in total. The van der Waals surface area contributed by atoms with Crippen LogP contribution in [-0.2, 0) is 11.2 Å². The van der Waals surface area contributed by atoms with Crippen molar-refractivity contribution in [3.8, 4) is 11.3 Å². The maximum absolute atomic E-state index is 14.5. The molecular weight excluding hydrogens is 407 g/mol. The molecule has 0 aliphatic rings. The standard InChI is InChI=1S/C23H20F3N3O2/c1-3-22(31)29(2)19-9-5-15(12-17(19)24)18-8-4-16(13-27-18)20(30)10-6-14-7-11-21(25)28-23(14)26/h4-5,7-9,11-13H,3,6,10H2,1-2H3. The van der Waals surface area contributed by atoms with E-state index < -0.39 is 17.7 Å². The summed E-state index contributed by atoms with van der Waals surface area (Å²) in [5.74, 6) is -2.87. The van der Waals surface area contributed by atoms with Crippen molar-refractivity contribution in [2.45, 2.75) is 26.2 Å². The maximum Gasteiger partial charge on any atom is 0.226 e. The molecule has 31 heavy (non-hydrogen) atoms. The van der Waals surface area contributed by atoms with Gasteiger partial charge in [-0.15, -0.1) is 0 Å². The fourth-order valence-electron chi connectivity index (χ4n) is 3.06. The number of hydrogen-bond acceptors (Lipinski definition) is 4. The molecule has 5 nitrogen and oxygen atoms in total. The van der Waals surface area contributed by atoms with E-state index in [9.17, 15) is 22.8 Å². The molecule has 0 spiro atoms. The Balaban J connectivity index is 1.70. The zero-order valence-corrected chi connectivity index (χ0v) is 17.0. The van der Waals surface area contributed by atoms with Crippen LogP contribution in [0.25, 0.3) is 11.3 Å². The zero-order chi connectivity index (χ0) is 22.5. The molecule has 2 aromatic heterocycles. The summed E-state index contributed by atoms with van der Waals surface area (Å²) in [5, 5.41) is 0. The highest BCUT2D eigenvalue weighted by atomic mass is 19.1. The van der Waals surface area contributed by atoms with Crippen molar-refractivity contribution in [3.63, 3.8) is 0 Å². The number of anilines is 1. The van der Waals surface area contributed by atoms with Crippen LogP contribution in [0.4, 0.5) is 18.9 Å². The molecule has 1 aromatic carbocycles. The molecule has 0 saturated heterocycles. The molecule has 0 atom stereocenters. The molecule has 8 heteroatoms. The Bertz CT molecular complexity index is 1120. The van der Waals surface area contributed by atoms with Gasteiger partial charge in [-0.3, -0.25) is 14.6 Å². The average Bonchev–Trinajstić information content (AvgIpc) is 2.77. The first kappa shape index (κ1) is 22.1. The van der Waals surface area contributed by atoms with Crippen LogP contribution < -0.4 is 4.90 Å². The Hall–Kier alpha value is -3.55. The number of aryl methyl sites for hydroxylation is 1. The summed E-state index contributed by atoms with van der Waals surface area (Å²) in [6.07, 6.45) is 1.72. The topological polar surface area (TPSA) is 63.2 Å². The predicted octanol–water partition coefficient (Wildman–Crippen LogP) is 4.75. The Morgan fingerprint density at radius 1 is 1.03 bits per heavy atom. The third kappa shape index (κ3) is 5.14. The van der Waals surface area contributed by atoms with Crippen LogP contribution in [0.2, 0.25) is 0 Å². The quantitative estimate of drug-likeness (QED) is 0.403. The third-order valence-electron chi connectivity index (χ3n) is 4.88.